The summed E-state index contributed by atoms with van der Waals surface area (Å²) in [6.07, 6.45) is 0. The lowest BCUT2D eigenvalue weighted by Gasteiger charge is -2.03. The third-order valence-corrected chi connectivity index (χ3v) is 1.17. The van der Waals surface area contributed by atoms with Crippen LogP contribution in [0, 0.1) is 0 Å². The van der Waals surface area contributed by atoms with E-state index in [9.17, 15) is 4.79 Å². The van der Waals surface area contributed by atoms with Crippen molar-refractivity contribution in [3.05, 3.63) is 0 Å². The predicted molar refractivity (Wildman–Crippen MR) is 48.4 cm³/mol. The first-order valence-electron chi connectivity index (χ1n) is 4.07. The molecule has 0 radical (unpaired) electrons. The molecular formula is C8H19NO3. The average molecular weight is 177 g/mol. The monoisotopic (exact) mass is 177 g/mol. The van der Waals surface area contributed by atoms with E-state index in [1.807, 2.05) is 7.05 Å². The Morgan fingerprint density at radius 3 is 2.58 bits per heavy atom. The number of ether oxygens (including phenoxy) is 2. The number of hydrogen-bond acceptors (Lipinski definition) is 4. The number of nitrogens with one attached hydrogen (secondary N) is 1. The molecule has 0 amide bonds. The Morgan fingerprint density at radius 1 is 1.33 bits per heavy atom. The van der Waals surface area contributed by atoms with E-state index in [4.69, 9.17) is 9.47 Å². The average Bonchev–Trinajstić information content (AvgIpc) is 2.02. The van der Waals surface area contributed by atoms with Gasteiger partial charge < -0.3 is 14.8 Å². The van der Waals surface area contributed by atoms with Crippen molar-refractivity contribution in [2.24, 2.45) is 0 Å². The number of likely N-dealkylation sites (N-methyl/N-ethyl adjacent to an activating group) is 1. The number of carbonyl (C=O) groups is 1. The van der Waals surface area contributed by atoms with Gasteiger partial charge in [-0.2, -0.15) is 0 Å². The molecule has 0 spiro atoms. The largest absolute Gasteiger partial charge is 0.378 e. The summed E-state index contributed by atoms with van der Waals surface area (Å²) in [6, 6.07) is 0. The van der Waals surface area contributed by atoms with Crippen LogP contribution in [-0.2, 0) is 14.3 Å². The van der Waals surface area contributed by atoms with E-state index in [0.717, 1.165) is 6.54 Å². The molecule has 12 heavy (non-hydrogen) atoms. The van der Waals surface area contributed by atoms with Gasteiger partial charge in [-0.15, -0.1) is 0 Å². The van der Waals surface area contributed by atoms with Gasteiger partial charge in [-0.3, -0.25) is 4.79 Å². The van der Waals surface area contributed by atoms with Gasteiger partial charge in [0.15, 0.2) is 5.78 Å². The van der Waals surface area contributed by atoms with E-state index < -0.39 is 0 Å². The van der Waals surface area contributed by atoms with Crippen molar-refractivity contribution in [2.75, 3.05) is 40.0 Å². The zero-order chi connectivity index (χ0) is 9.23. The Kier molecular flexibility index (Phi) is 8.32. The topological polar surface area (TPSA) is 47.6 Å². The summed E-state index contributed by atoms with van der Waals surface area (Å²) >= 11 is 0. The molecule has 0 heterocycles. The van der Waals surface area contributed by atoms with Crippen LogP contribution in [-0.4, -0.2) is 45.8 Å². The van der Waals surface area contributed by atoms with Gasteiger partial charge in [0.1, 0.15) is 6.61 Å². The molecule has 0 aliphatic carbocycles. The molecule has 0 atom stereocenters. The van der Waals surface area contributed by atoms with Crippen molar-refractivity contribution in [3.63, 3.8) is 0 Å². The van der Waals surface area contributed by atoms with Crippen LogP contribution in [0.2, 0.25) is 0 Å². The van der Waals surface area contributed by atoms with Crippen LogP contribution in [0.25, 0.3) is 0 Å². The maximum atomic E-state index is 10.4. The van der Waals surface area contributed by atoms with E-state index in [1.165, 1.54) is 6.92 Å². The van der Waals surface area contributed by atoms with Crippen LogP contribution in [0.1, 0.15) is 8.35 Å². The zero-order valence-corrected chi connectivity index (χ0v) is 7.76. The van der Waals surface area contributed by atoms with Gasteiger partial charge in [0.05, 0.1) is 19.8 Å². The lowest BCUT2D eigenvalue weighted by atomic mass is 10.5. The van der Waals surface area contributed by atoms with Crippen LogP contribution >= 0.6 is 0 Å². The third-order valence-electron chi connectivity index (χ3n) is 1.17. The highest BCUT2D eigenvalue weighted by atomic mass is 16.5. The molecule has 0 aliphatic heterocycles. The van der Waals surface area contributed by atoms with Gasteiger partial charge in [0, 0.05) is 7.97 Å². The van der Waals surface area contributed by atoms with E-state index in [-0.39, 0.29) is 13.8 Å². The Morgan fingerprint density at radius 2 is 2.00 bits per heavy atom. The van der Waals surface area contributed by atoms with E-state index >= 15 is 0 Å². The predicted octanol–water partition coefficient (Wildman–Crippen LogP) is 0.0740. The van der Waals surface area contributed by atoms with Crippen molar-refractivity contribution in [1.82, 2.24) is 5.32 Å². The standard InChI is InChI=1S/C8H17NO3.H2/c1-8(10)7-12-6-5-11-4-3-9-2;/h9H,3-7H2,1-2H3;1H. The SMILES string of the molecule is CNCCOCCOCC(C)=O.[HH]. The number of ketones is 1. The summed E-state index contributed by atoms with van der Waals surface area (Å²) in [4.78, 5) is 10.4. The minimum absolute atomic E-state index is 0. The number of rotatable bonds is 8. The first kappa shape index (κ1) is 11.6. The number of carbonyl (C=O) groups excluding carboxylic acids is 1. The quantitative estimate of drug-likeness (QED) is 0.533. The maximum Gasteiger partial charge on any atom is 0.155 e. The van der Waals surface area contributed by atoms with Crippen LogP contribution < -0.4 is 5.32 Å². The third kappa shape index (κ3) is 9.55. The van der Waals surface area contributed by atoms with Gasteiger partial charge in [0.2, 0.25) is 0 Å². The molecule has 0 aromatic carbocycles. The van der Waals surface area contributed by atoms with Crippen LogP contribution in [0.4, 0.5) is 0 Å². The minimum atomic E-state index is 0. The van der Waals surface area contributed by atoms with E-state index in [0.29, 0.717) is 19.8 Å². The molecule has 0 aromatic rings. The second kappa shape index (κ2) is 8.64. The highest BCUT2D eigenvalue weighted by Gasteiger charge is 1.92. The Hall–Kier alpha value is -0.450. The fraction of sp³-hybridized carbons (Fsp3) is 0.875. The van der Waals surface area contributed by atoms with Gasteiger partial charge in [-0.25, -0.2) is 0 Å². The van der Waals surface area contributed by atoms with Crippen molar-refractivity contribution < 1.29 is 15.7 Å². The summed E-state index contributed by atoms with van der Waals surface area (Å²) in [6.45, 7) is 4.25. The number of Topliss-reactive ketones (excluding diaryl/α,β-unsaturated/α-hetero) is 1. The minimum Gasteiger partial charge on any atom is -0.378 e. The normalized spacial score (nSPS) is 10.2. The molecule has 0 aromatic heterocycles. The molecule has 0 saturated heterocycles. The summed E-state index contributed by atoms with van der Waals surface area (Å²) in [5.74, 6) is 0.0465. The molecular weight excluding hydrogens is 158 g/mol. The molecule has 4 heteroatoms. The second-order valence-electron chi connectivity index (χ2n) is 2.47. The van der Waals surface area contributed by atoms with Crippen molar-refractivity contribution in [1.29, 1.82) is 0 Å². The number of hydrogen-bond donors (Lipinski definition) is 1. The van der Waals surface area contributed by atoms with Crippen LogP contribution in [0.5, 0.6) is 0 Å². The first-order valence-corrected chi connectivity index (χ1v) is 4.07. The van der Waals surface area contributed by atoms with Gasteiger partial charge in [0.25, 0.3) is 0 Å². The molecule has 0 saturated carbocycles. The molecule has 0 bridgehead atoms. The molecule has 4 nitrogen and oxygen atoms in total. The highest BCUT2D eigenvalue weighted by Crippen LogP contribution is 1.78. The van der Waals surface area contributed by atoms with E-state index in [2.05, 4.69) is 5.32 Å². The molecule has 74 valence electrons. The lowest BCUT2D eigenvalue weighted by Crippen LogP contribution is -2.16. The molecule has 0 aliphatic rings. The van der Waals surface area contributed by atoms with Crippen molar-refractivity contribution >= 4 is 5.78 Å². The fourth-order valence-electron chi connectivity index (χ4n) is 0.610. The molecule has 0 rings (SSSR count). The fourth-order valence-corrected chi connectivity index (χ4v) is 0.610. The molecule has 0 fully saturated rings. The van der Waals surface area contributed by atoms with E-state index in [1.54, 1.807) is 0 Å². The Labute approximate surface area is 74.7 Å². The van der Waals surface area contributed by atoms with Gasteiger partial charge in [-0.1, -0.05) is 0 Å². The smallest absolute Gasteiger partial charge is 0.155 e. The first-order chi connectivity index (χ1) is 5.77. The van der Waals surface area contributed by atoms with Gasteiger partial charge >= 0.3 is 0 Å². The van der Waals surface area contributed by atoms with Crippen LogP contribution in [0.15, 0.2) is 0 Å². The second-order valence-corrected chi connectivity index (χ2v) is 2.47. The summed E-state index contributed by atoms with van der Waals surface area (Å²) in [7, 11) is 1.87. The van der Waals surface area contributed by atoms with Gasteiger partial charge in [-0.05, 0) is 14.0 Å². The Bertz CT molecular complexity index is 122. The molecule has 1 N–H and O–H groups in total. The van der Waals surface area contributed by atoms with Crippen LogP contribution in [0.3, 0.4) is 0 Å². The summed E-state index contributed by atoms with van der Waals surface area (Å²) < 4.78 is 10.1. The Balaban J connectivity index is 0. The summed E-state index contributed by atoms with van der Waals surface area (Å²) in [5, 5.41) is 2.96. The maximum absolute atomic E-state index is 10.4. The van der Waals surface area contributed by atoms with Crippen molar-refractivity contribution in [3.8, 4) is 0 Å². The zero-order valence-electron chi connectivity index (χ0n) is 7.76. The highest BCUT2D eigenvalue weighted by molar-refractivity contribution is 5.76. The van der Waals surface area contributed by atoms with Crippen molar-refractivity contribution in [2.45, 2.75) is 6.92 Å². The summed E-state index contributed by atoms with van der Waals surface area (Å²) in [5.41, 5.74) is 0. The molecule has 0 unspecified atom stereocenters. The lowest BCUT2D eigenvalue weighted by molar-refractivity contribution is -0.121.